The number of benzene rings is 2. The maximum Gasteiger partial charge on any atom is 0.319 e. The lowest BCUT2D eigenvalue weighted by Gasteiger charge is -2.10. The summed E-state index contributed by atoms with van der Waals surface area (Å²) in [5.41, 5.74) is 5.57. The average Bonchev–Trinajstić information content (AvgIpc) is 2.44. The van der Waals surface area contributed by atoms with E-state index in [1.807, 2.05) is 18.2 Å². The van der Waals surface area contributed by atoms with E-state index in [4.69, 9.17) is 0 Å². The van der Waals surface area contributed by atoms with Gasteiger partial charge in [0.05, 0.1) is 0 Å². The van der Waals surface area contributed by atoms with E-state index in [9.17, 15) is 4.79 Å². The predicted octanol–water partition coefficient (Wildman–Crippen LogP) is 4.19. The molecule has 2 N–H and O–H groups in total. The van der Waals surface area contributed by atoms with Gasteiger partial charge < -0.3 is 10.6 Å². The third-order valence-corrected chi connectivity index (χ3v) is 3.33. The topological polar surface area (TPSA) is 41.1 Å². The second-order valence-electron chi connectivity index (χ2n) is 5.36. The SMILES string of the molecule is CCc1cccc(NC(=O)NCc2cc(C)cc(C)c2)c1. The lowest BCUT2D eigenvalue weighted by molar-refractivity contribution is 0.251. The van der Waals surface area contributed by atoms with Crippen LogP contribution in [0.15, 0.2) is 42.5 Å². The van der Waals surface area contributed by atoms with E-state index in [0.29, 0.717) is 6.54 Å². The van der Waals surface area contributed by atoms with E-state index in [1.54, 1.807) is 0 Å². The first-order valence-corrected chi connectivity index (χ1v) is 7.28. The van der Waals surface area contributed by atoms with E-state index >= 15 is 0 Å². The van der Waals surface area contributed by atoms with E-state index < -0.39 is 0 Å². The van der Waals surface area contributed by atoms with Crippen LogP contribution in [0.5, 0.6) is 0 Å². The third kappa shape index (κ3) is 4.63. The van der Waals surface area contributed by atoms with Gasteiger partial charge in [0.25, 0.3) is 0 Å². The third-order valence-electron chi connectivity index (χ3n) is 3.33. The van der Waals surface area contributed by atoms with E-state index in [2.05, 4.69) is 55.7 Å². The summed E-state index contributed by atoms with van der Waals surface area (Å²) >= 11 is 0. The zero-order valence-electron chi connectivity index (χ0n) is 12.9. The summed E-state index contributed by atoms with van der Waals surface area (Å²) < 4.78 is 0. The molecular weight excluding hydrogens is 260 g/mol. The Balaban J connectivity index is 1.92. The summed E-state index contributed by atoms with van der Waals surface area (Å²) in [7, 11) is 0. The number of anilines is 1. The van der Waals surface area contributed by atoms with E-state index in [1.165, 1.54) is 16.7 Å². The van der Waals surface area contributed by atoms with E-state index in [0.717, 1.165) is 17.7 Å². The minimum absolute atomic E-state index is 0.178. The summed E-state index contributed by atoms with van der Waals surface area (Å²) in [5, 5.41) is 5.76. The van der Waals surface area contributed by atoms with Crippen molar-refractivity contribution in [1.29, 1.82) is 0 Å². The molecule has 0 saturated heterocycles. The highest BCUT2D eigenvalue weighted by Crippen LogP contribution is 2.11. The van der Waals surface area contributed by atoms with Gasteiger partial charge in [-0.25, -0.2) is 4.79 Å². The molecule has 3 nitrogen and oxygen atoms in total. The van der Waals surface area contributed by atoms with Gasteiger partial charge in [-0.3, -0.25) is 0 Å². The van der Waals surface area contributed by atoms with Gasteiger partial charge in [-0.2, -0.15) is 0 Å². The van der Waals surface area contributed by atoms with Crippen LogP contribution in [0, 0.1) is 13.8 Å². The largest absolute Gasteiger partial charge is 0.334 e. The summed E-state index contributed by atoms with van der Waals surface area (Å²) in [5.74, 6) is 0. The molecule has 0 aliphatic carbocycles. The van der Waals surface area contributed by atoms with Gasteiger partial charge in [-0.05, 0) is 43.5 Å². The zero-order chi connectivity index (χ0) is 15.2. The van der Waals surface area contributed by atoms with E-state index in [-0.39, 0.29) is 6.03 Å². The van der Waals surface area contributed by atoms with Crippen LogP contribution in [-0.4, -0.2) is 6.03 Å². The number of amides is 2. The zero-order valence-corrected chi connectivity index (χ0v) is 12.9. The molecule has 110 valence electrons. The highest BCUT2D eigenvalue weighted by molar-refractivity contribution is 5.89. The molecule has 3 heteroatoms. The second kappa shape index (κ2) is 6.93. The summed E-state index contributed by atoms with van der Waals surface area (Å²) in [4.78, 5) is 11.9. The number of carbonyl (C=O) groups excluding carboxylic acids is 1. The number of hydrogen-bond acceptors (Lipinski definition) is 1. The average molecular weight is 282 g/mol. The Morgan fingerprint density at radius 1 is 1.00 bits per heavy atom. The highest BCUT2D eigenvalue weighted by Gasteiger charge is 2.03. The summed E-state index contributed by atoms with van der Waals surface area (Å²) in [6.07, 6.45) is 0.958. The Morgan fingerprint density at radius 2 is 1.71 bits per heavy atom. The quantitative estimate of drug-likeness (QED) is 0.867. The minimum atomic E-state index is -0.178. The van der Waals surface area contributed by atoms with Crippen molar-refractivity contribution < 1.29 is 4.79 Å². The van der Waals surface area contributed by atoms with Gasteiger partial charge in [0.2, 0.25) is 0 Å². The summed E-state index contributed by atoms with van der Waals surface area (Å²) in [6, 6.07) is 14.0. The maximum atomic E-state index is 11.9. The van der Waals surface area contributed by atoms with Gasteiger partial charge in [0.1, 0.15) is 0 Å². The molecule has 0 aliphatic heterocycles. The Labute approximate surface area is 126 Å². The highest BCUT2D eigenvalue weighted by atomic mass is 16.2. The van der Waals surface area contributed by atoms with Crippen LogP contribution in [0.25, 0.3) is 0 Å². The maximum absolute atomic E-state index is 11.9. The Hall–Kier alpha value is -2.29. The number of hydrogen-bond donors (Lipinski definition) is 2. The van der Waals surface area contributed by atoms with Crippen LogP contribution in [0.1, 0.15) is 29.2 Å². The van der Waals surface area contributed by atoms with Crippen LogP contribution in [0.4, 0.5) is 10.5 Å². The van der Waals surface area contributed by atoms with Crippen LogP contribution in [-0.2, 0) is 13.0 Å². The van der Waals surface area contributed by atoms with Crippen molar-refractivity contribution in [2.24, 2.45) is 0 Å². The molecular formula is C18H22N2O. The van der Waals surface area contributed by atoms with Gasteiger partial charge >= 0.3 is 6.03 Å². The number of carbonyl (C=O) groups is 1. The molecule has 0 aromatic heterocycles. The monoisotopic (exact) mass is 282 g/mol. The fourth-order valence-electron chi connectivity index (χ4n) is 2.40. The normalized spacial score (nSPS) is 10.2. The number of rotatable bonds is 4. The van der Waals surface area contributed by atoms with Crippen molar-refractivity contribution in [3.8, 4) is 0 Å². The van der Waals surface area contributed by atoms with Crippen molar-refractivity contribution in [3.63, 3.8) is 0 Å². The van der Waals surface area contributed by atoms with Crippen LogP contribution >= 0.6 is 0 Å². The molecule has 0 radical (unpaired) electrons. The molecule has 2 aromatic rings. The Bertz CT molecular complexity index is 615. The molecule has 0 spiro atoms. The first kappa shape index (κ1) is 15.1. The molecule has 2 rings (SSSR count). The first-order valence-electron chi connectivity index (χ1n) is 7.28. The molecule has 0 fully saturated rings. The van der Waals surface area contributed by atoms with Gasteiger partial charge in [-0.1, -0.05) is 48.4 Å². The van der Waals surface area contributed by atoms with Crippen LogP contribution < -0.4 is 10.6 Å². The smallest absolute Gasteiger partial charge is 0.319 e. The van der Waals surface area contributed by atoms with Gasteiger partial charge in [0, 0.05) is 12.2 Å². The van der Waals surface area contributed by atoms with Gasteiger partial charge in [0.15, 0.2) is 0 Å². The fourth-order valence-corrected chi connectivity index (χ4v) is 2.40. The lowest BCUT2D eigenvalue weighted by Crippen LogP contribution is -2.28. The number of aryl methyl sites for hydroxylation is 3. The van der Waals surface area contributed by atoms with Crippen molar-refractivity contribution in [2.75, 3.05) is 5.32 Å². The van der Waals surface area contributed by atoms with Crippen molar-refractivity contribution in [1.82, 2.24) is 5.32 Å². The molecule has 0 unspecified atom stereocenters. The molecule has 0 aliphatic rings. The van der Waals surface area contributed by atoms with Crippen LogP contribution in [0.2, 0.25) is 0 Å². The minimum Gasteiger partial charge on any atom is -0.334 e. The van der Waals surface area contributed by atoms with Crippen molar-refractivity contribution >= 4 is 11.7 Å². The molecule has 0 saturated carbocycles. The number of urea groups is 1. The van der Waals surface area contributed by atoms with Crippen molar-refractivity contribution in [2.45, 2.75) is 33.7 Å². The standard InChI is InChI=1S/C18H22N2O/c1-4-15-6-5-7-17(11-15)20-18(21)19-12-16-9-13(2)8-14(3)10-16/h5-11H,4,12H2,1-3H3,(H2,19,20,21). The Kier molecular flexibility index (Phi) is 4.99. The van der Waals surface area contributed by atoms with Gasteiger partial charge in [-0.15, -0.1) is 0 Å². The lowest BCUT2D eigenvalue weighted by atomic mass is 10.1. The Morgan fingerprint density at radius 3 is 2.38 bits per heavy atom. The molecule has 2 aromatic carbocycles. The summed E-state index contributed by atoms with van der Waals surface area (Å²) in [6.45, 7) is 6.75. The molecule has 0 atom stereocenters. The molecule has 21 heavy (non-hydrogen) atoms. The van der Waals surface area contributed by atoms with Crippen LogP contribution in [0.3, 0.4) is 0 Å². The van der Waals surface area contributed by atoms with Crippen molar-refractivity contribution in [3.05, 3.63) is 64.7 Å². The first-order chi connectivity index (χ1) is 10.1. The predicted molar refractivity (Wildman–Crippen MR) is 87.6 cm³/mol. The number of nitrogens with one attached hydrogen (secondary N) is 2. The second-order valence-corrected chi connectivity index (χ2v) is 5.36. The molecule has 0 bridgehead atoms. The fraction of sp³-hybridized carbons (Fsp3) is 0.278. The molecule has 2 amide bonds. The molecule has 0 heterocycles.